The summed E-state index contributed by atoms with van der Waals surface area (Å²) >= 11 is 0. The summed E-state index contributed by atoms with van der Waals surface area (Å²) in [4.78, 5) is 50.3. The van der Waals surface area contributed by atoms with E-state index in [0.29, 0.717) is 67.8 Å². The summed E-state index contributed by atoms with van der Waals surface area (Å²) in [6.45, 7) is 3.28. The van der Waals surface area contributed by atoms with Crippen LogP contribution in [0.4, 0.5) is 17.5 Å². The third-order valence-corrected chi connectivity index (χ3v) is 7.30. The second kappa shape index (κ2) is 11.8. The van der Waals surface area contributed by atoms with Crippen LogP contribution in [0.2, 0.25) is 0 Å². The average Bonchev–Trinajstić information content (AvgIpc) is 3.50. The van der Waals surface area contributed by atoms with Crippen LogP contribution >= 0.6 is 0 Å². The largest absolute Gasteiger partial charge is 0.378 e. The summed E-state index contributed by atoms with van der Waals surface area (Å²) in [5, 5.41) is 14.4. The molecule has 0 aliphatic carbocycles. The fourth-order valence-corrected chi connectivity index (χ4v) is 5.08. The minimum absolute atomic E-state index is 0.0671. The summed E-state index contributed by atoms with van der Waals surface area (Å²) in [7, 11) is 0. The van der Waals surface area contributed by atoms with Gasteiger partial charge in [-0.15, -0.1) is 10.2 Å². The molecule has 0 unspecified atom stereocenters. The van der Waals surface area contributed by atoms with Crippen molar-refractivity contribution in [1.29, 1.82) is 0 Å². The van der Waals surface area contributed by atoms with Crippen LogP contribution in [-0.2, 0) is 4.74 Å². The van der Waals surface area contributed by atoms with Crippen LogP contribution in [0.25, 0.3) is 5.65 Å². The van der Waals surface area contributed by atoms with Crippen LogP contribution in [0.1, 0.15) is 44.0 Å². The van der Waals surface area contributed by atoms with Gasteiger partial charge in [0.15, 0.2) is 11.5 Å². The highest BCUT2D eigenvalue weighted by atomic mass is 16.5. The molecule has 2 aliphatic heterocycles. The summed E-state index contributed by atoms with van der Waals surface area (Å²) in [5.74, 6) is -0.574. The Bertz CT molecular complexity index is 1620. The lowest BCUT2D eigenvalue weighted by Gasteiger charge is -2.33. The number of benzene rings is 1. The molecule has 14 heteroatoms. The van der Waals surface area contributed by atoms with Crippen LogP contribution in [0.3, 0.4) is 0 Å². The Morgan fingerprint density at radius 2 is 1.79 bits per heavy atom. The van der Waals surface area contributed by atoms with Crippen molar-refractivity contribution in [3.8, 4) is 0 Å². The number of carbonyl (C=O) groups excluding carboxylic acids is 3. The van der Waals surface area contributed by atoms with E-state index in [9.17, 15) is 14.4 Å². The molecule has 2 saturated heterocycles. The third-order valence-electron chi connectivity index (χ3n) is 7.30. The van der Waals surface area contributed by atoms with E-state index in [-0.39, 0.29) is 29.4 Å². The van der Waals surface area contributed by atoms with Crippen molar-refractivity contribution in [3.05, 3.63) is 71.8 Å². The van der Waals surface area contributed by atoms with Gasteiger partial charge in [0.2, 0.25) is 5.95 Å². The van der Waals surface area contributed by atoms with Crippen molar-refractivity contribution in [3.63, 3.8) is 0 Å². The number of ether oxygens (including phenoxy) is 1. The topological polar surface area (TPSA) is 173 Å². The number of pyridine rings is 1. The molecule has 5 heterocycles. The Kier molecular flexibility index (Phi) is 7.60. The predicted molar refractivity (Wildman–Crippen MR) is 153 cm³/mol. The molecule has 14 nitrogen and oxygen atoms in total. The van der Waals surface area contributed by atoms with E-state index in [4.69, 9.17) is 10.5 Å². The number of hydrogen-bond donors (Lipinski definition) is 3. The van der Waals surface area contributed by atoms with Gasteiger partial charge in [0.1, 0.15) is 5.65 Å². The van der Waals surface area contributed by atoms with Gasteiger partial charge in [0, 0.05) is 67.6 Å². The fourth-order valence-electron chi connectivity index (χ4n) is 5.08. The van der Waals surface area contributed by atoms with Gasteiger partial charge in [-0.3, -0.25) is 14.4 Å². The number of fused-ring (bicyclic) bond motifs is 1. The average molecular weight is 571 g/mol. The molecule has 1 atom stereocenters. The number of imidazole rings is 1. The van der Waals surface area contributed by atoms with Gasteiger partial charge >= 0.3 is 0 Å². The maximum atomic E-state index is 13.0. The van der Waals surface area contributed by atoms with E-state index in [0.717, 1.165) is 12.8 Å². The van der Waals surface area contributed by atoms with Crippen LogP contribution in [0, 0.1) is 0 Å². The predicted octanol–water partition coefficient (Wildman–Crippen LogP) is 1.23. The summed E-state index contributed by atoms with van der Waals surface area (Å²) in [6, 6.07) is 10.2. The van der Waals surface area contributed by atoms with Gasteiger partial charge in [-0.25, -0.2) is 4.98 Å². The monoisotopic (exact) mass is 570 g/mol. The molecule has 0 bridgehead atoms. The lowest BCUT2D eigenvalue weighted by Crippen LogP contribution is -2.48. The van der Waals surface area contributed by atoms with Crippen molar-refractivity contribution < 1.29 is 19.1 Å². The fraction of sp³-hybridized carbons (Fsp3) is 0.321. The van der Waals surface area contributed by atoms with Crippen molar-refractivity contribution in [1.82, 2.24) is 34.8 Å². The number of nitrogens with one attached hydrogen (secondary N) is 2. The number of rotatable bonds is 7. The van der Waals surface area contributed by atoms with Gasteiger partial charge < -0.3 is 35.3 Å². The van der Waals surface area contributed by atoms with Gasteiger partial charge in [0.25, 0.3) is 17.7 Å². The van der Waals surface area contributed by atoms with Crippen molar-refractivity contribution >= 4 is 40.8 Å². The number of primary amides is 1. The van der Waals surface area contributed by atoms with Gasteiger partial charge in [-0.05, 0) is 49.2 Å². The summed E-state index contributed by atoms with van der Waals surface area (Å²) < 4.78 is 7.16. The number of nitrogens with zero attached hydrogens (tertiary/aromatic N) is 7. The molecule has 0 spiro atoms. The zero-order valence-corrected chi connectivity index (χ0v) is 22.8. The molecule has 4 N–H and O–H groups in total. The molecule has 0 saturated carbocycles. The van der Waals surface area contributed by atoms with Gasteiger partial charge in [-0.1, -0.05) is 0 Å². The Morgan fingerprint density at radius 1 is 0.976 bits per heavy atom. The first-order valence-corrected chi connectivity index (χ1v) is 13.7. The van der Waals surface area contributed by atoms with E-state index in [1.165, 1.54) is 0 Å². The highest BCUT2D eigenvalue weighted by molar-refractivity contribution is 5.97. The standard InChI is InChI=1S/C28H30N10O4/c29-24(39)23-25(31-20-5-3-18(4-6-20)27(41)37-12-14-42-15-13-37)33-28(35-34-23)38-9-1-2-21(17-38)32-26(40)19-7-10-36-11-8-30-22(36)16-19/h3-8,10-11,16,21H,1-2,9,12-15,17H2,(H2,29,39)(H,32,40)(H,31,33,35)/t21-/m1/s1. The Hall–Kier alpha value is -5.11. The molecule has 3 aromatic heterocycles. The first-order valence-electron chi connectivity index (χ1n) is 13.7. The molecular weight excluding hydrogens is 540 g/mol. The van der Waals surface area contributed by atoms with E-state index >= 15 is 0 Å². The quantitative estimate of drug-likeness (QED) is 0.293. The number of morpholine rings is 1. The highest BCUT2D eigenvalue weighted by Crippen LogP contribution is 2.23. The van der Waals surface area contributed by atoms with E-state index in [2.05, 4.69) is 30.8 Å². The zero-order valence-electron chi connectivity index (χ0n) is 22.8. The molecular formula is C28H30N10O4. The second-order valence-electron chi connectivity index (χ2n) is 10.1. The number of nitrogens with two attached hydrogens (primary N) is 1. The molecule has 4 aromatic rings. The minimum atomic E-state index is -0.776. The van der Waals surface area contributed by atoms with E-state index in [1.54, 1.807) is 53.7 Å². The molecule has 3 amide bonds. The SMILES string of the molecule is NC(=O)c1nnc(N2CCC[C@@H](NC(=O)c3ccn4ccnc4c3)C2)nc1Nc1ccc(C(=O)N2CCOCC2)cc1. The molecule has 2 fully saturated rings. The molecule has 42 heavy (non-hydrogen) atoms. The lowest BCUT2D eigenvalue weighted by atomic mass is 10.1. The summed E-state index contributed by atoms with van der Waals surface area (Å²) in [5.41, 5.74) is 7.81. The molecule has 216 valence electrons. The van der Waals surface area contributed by atoms with Crippen LogP contribution in [-0.4, -0.2) is 92.6 Å². The number of hydrogen-bond acceptors (Lipinski definition) is 10. The zero-order chi connectivity index (χ0) is 29.1. The Morgan fingerprint density at radius 3 is 2.57 bits per heavy atom. The normalized spacial score (nSPS) is 17.2. The first kappa shape index (κ1) is 27.1. The Balaban J connectivity index is 1.14. The smallest absolute Gasteiger partial charge is 0.273 e. The number of anilines is 3. The van der Waals surface area contributed by atoms with Gasteiger partial charge in [-0.2, -0.15) is 4.98 Å². The number of amides is 3. The van der Waals surface area contributed by atoms with Gasteiger partial charge in [0.05, 0.1) is 13.2 Å². The molecule has 2 aliphatic rings. The van der Waals surface area contributed by atoms with Crippen molar-refractivity contribution in [2.45, 2.75) is 18.9 Å². The second-order valence-corrected chi connectivity index (χ2v) is 10.1. The van der Waals surface area contributed by atoms with Crippen LogP contribution in [0.5, 0.6) is 0 Å². The molecule has 1 aromatic carbocycles. The summed E-state index contributed by atoms with van der Waals surface area (Å²) in [6.07, 6.45) is 6.89. The highest BCUT2D eigenvalue weighted by Gasteiger charge is 2.26. The maximum Gasteiger partial charge on any atom is 0.273 e. The van der Waals surface area contributed by atoms with Crippen molar-refractivity contribution in [2.24, 2.45) is 5.73 Å². The number of piperidine rings is 1. The molecule has 6 rings (SSSR count). The van der Waals surface area contributed by atoms with E-state index in [1.807, 2.05) is 15.5 Å². The number of carbonyl (C=O) groups is 3. The maximum absolute atomic E-state index is 13.0. The van der Waals surface area contributed by atoms with Crippen LogP contribution in [0.15, 0.2) is 55.0 Å². The number of aromatic nitrogens is 5. The third kappa shape index (κ3) is 5.83. The van der Waals surface area contributed by atoms with Crippen molar-refractivity contribution in [2.75, 3.05) is 49.6 Å². The van der Waals surface area contributed by atoms with E-state index < -0.39 is 5.91 Å². The van der Waals surface area contributed by atoms with Crippen LogP contribution < -0.4 is 21.3 Å². The molecule has 0 radical (unpaired) electrons. The first-order chi connectivity index (χ1) is 20.4. The minimum Gasteiger partial charge on any atom is -0.378 e. The Labute approximate surface area is 240 Å². The lowest BCUT2D eigenvalue weighted by molar-refractivity contribution is 0.0303.